The van der Waals surface area contributed by atoms with Gasteiger partial charge < -0.3 is 29.7 Å². The summed E-state index contributed by atoms with van der Waals surface area (Å²) in [6, 6.07) is 17.2. The van der Waals surface area contributed by atoms with Gasteiger partial charge in [0, 0.05) is 29.1 Å². The number of benzene rings is 4. The van der Waals surface area contributed by atoms with Crippen LogP contribution in [0.5, 0.6) is 28.7 Å². The lowest BCUT2D eigenvalue weighted by molar-refractivity contribution is -0.123. The first kappa shape index (κ1) is 30.1. The van der Waals surface area contributed by atoms with Gasteiger partial charge in [0.05, 0.1) is 17.7 Å². The number of hydrogen-bond acceptors (Lipinski definition) is 8. The number of hydrogen-bond donors (Lipinski definition) is 3. The summed E-state index contributed by atoms with van der Waals surface area (Å²) in [5.74, 6) is -2.11. The van der Waals surface area contributed by atoms with Crippen molar-refractivity contribution in [2.45, 2.75) is 25.8 Å². The van der Waals surface area contributed by atoms with Crippen LogP contribution in [0.15, 0.2) is 83.8 Å². The zero-order valence-electron chi connectivity index (χ0n) is 24.2. The monoisotopic (exact) mass is 645 g/mol. The first-order valence-corrected chi connectivity index (χ1v) is 14.5. The number of allylic oxidation sites excluding steroid dienone is 3. The van der Waals surface area contributed by atoms with Gasteiger partial charge >= 0.3 is 0 Å². The molecule has 1 atom stereocenters. The molecule has 0 radical (unpaired) electrons. The van der Waals surface area contributed by atoms with Gasteiger partial charge in [-0.05, 0) is 49.1 Å². The van der Waals surface area contributed by atoms with E-state index >= 15 is 0 Å². The SMILES string of the molecule is COc1cc(O)c2c(c1C(=O)NCc1ccc(Oc3ccc(Cl)cc3Cl)c3ccccc13)OC1=CC(O)=C(C(C)=O)C(=O)[C@]12C. The molecule has 2 aliphatic rings. The standard InChI is InChI=1S/C34H25Cl2NO8/c1-16(38)28-22(39)14-27-34(2,32(28)41)30-23(40)13-26(43-3)29(31(30)45-27)33(42)37-15-17-8-10-24(20-7-5-4-6-19(17)20)44-25-11-9-18(35)12-21(25)36/h4-14,39-40H,15H2,1-3H3,(H,37,42)/t34-/m1/s1. The molecular weight excluding hydrogens is 621 g/mol. The van der Waals surface area contributed by atoms with Crippen LogP contribution in [0.2, 0.25) is 10.0 Å². The molecule has 0 unspecified atom stereocenters. The number of ether oxygens (including phenoxy) is 3. The van der Waals surface area contributed by atoms with Crippen LogP contribution in [0.25, 0.3) is 10.8 Å². The highest BCUT2D eigenvalue weighted by atomic mass is 35.5. The summed E-state index contributed by atoms with van der Waals surface area (Å²) >= 11 is 12.3. The number of ketones is 2. The molecule has 1 aliphatic carbocycles. The van der Waals surface area contributed by atoms with Gasteiger partial charge in [-0.3, -0.25) is 14.4 Å². The fourth-order valence-corrected chi connectivity index (χ4v) is 6.18. The zero-order valence-corrected chi connectivity index (χ0v) is 25.7. The number of carbonyl (C=O) groups is 3. The number of Topliss-reactive ketones (excluding diaryl/α,β-unsaturated/α-hetero) is 2. The molecule has 0 bridgehead atoms. The highest BCUT2D eigenvalue weighted by Gasteiger charge is 2.55. The molecule has 0 saturated carbocycles. The smallest absolute Gasteiger partial charge is 0.259 e. The van der Waals surface area contributed by atoms with Gasteiger partial charge in [0.15, 0.2) is 17.3 Å². The second-order valence-electron chi connectivity index (χ2n) is 10.7. The molecule has 1 heterocycles. The lowest BCUT2D eigenvalue weighted by atomic mass is 9.71. The Morgan fingerprint density at radius 3 is 2.38 bits per heavy atom. The Labute approximate surface area is 267 Å². The summed E-state index contributed by atoms with van der Waals surface area (Å²) in [4.78, 5) is 39.5. The van der Waals surface area contributed by atoms with Crippen LogP contribution in [-0.2, 0) is 21.5 Å². The highest BCUT2D eigenvalue weighted by Crippen LogP contribution is 2.56. The van der Waals surface area contributed by atoms with Crippen molar-refractivity contribution in [3.8, 4) is 28.7 Å². The van der Waals surface area contributed by atoms with Gasteiger partial charge in [-0.15, -0.1) is 0 Å². The van der Waals surface area contributed by atoms with E-state index in [9.17, 15) is 24.6 Å². The number of methoxy groups -OCH3 is 1. The van der Waals surface area contributed by atoms with Crippen molar-refractivity contribution in [1.29, 1.82) is 0 Å². The Morgan fingerprint density at radius 2 is 1.69 bits per heavy atom. The van der Waals surface area contributed by atoms with E-state index in [2.05, 4.69) is 5.32 Å². The zero-order chi connectivity index (χ0) is 32.2. The van der Waals surface area contributed by atoms with Crippen LogP contribution in [-0.4, -0.2) is 34.8 Å². The molecule has 6 rings (SSSR count). The van der Waals surface area contributed by atoms with E-state index in [0.29, 0.717) is 21.5 Å². The lowest BCUT2D eigenvalue weighted by Gasteiger charge is -2.27. The highest BCUT2D eigenvalue weighted by molar-refractivity contribution is 6.35. The molecule has 1 amide bonds. The molecule has 4 aromatic carbocycles. The molecule has 0 aromatic heterocycles. The summed E-state index contributed by atoms with van der Waals surface area (Å²) in [6.45, 7) is 2.70. The predicted octanol–water partition coefficient (Wildman–Crippen LogP) is 7.10. The molecule has 3 N–H and O–H groups in total. The number of fused-ring (bicyclic) bond motifs is 4. The fraction of sp³-hybridized carbons (Fsp3) is 0.147. The molecule has 9 nitrogen and oxygen atoms in total. The van der Waals surface area contributed by atoms with Crippen molar-refractivity contribution in [2.24, 2.45) is 0 Å². The van der Waals surface area contributed by atoms with Crippen molar-refractivity contribution in [2.75, 3.05) is 7.11 Å². The number of halogens is 2. The third-order valence-corrected chi connectivity index (χ3v) is 8.49. The van der Waals surface area contributed by atoms with Gasteiger partial charge in [0.1, 0.15) is 51.1 Å². The minimum absolute atomic E-state index is 0.00327. The van der Waals surface area contributed by atoms with Crippen molar-refractivity contribution >= 4 is 51.4 Å². The minimum atomic E-state index is -1.66. The fourth-order valence-electron chi connectivity index (χ4n) is 5.74. The van der Waals surface area contributed by atoms with Crippen molar-refractivity contribution in [3.63, 3.8) is 0 Å². The van der Waals surface area contributed by atoms with Crippen molar-refractivity contribution in [1.82, 2.24) is 5.32 Å². The molecule has 11 heteroatoms. The van der Waals surface area contributed by atoms with Crippen LogP contribution in [0.1, 0.15) is 35.3 Å². The molecule has 4 aromatic rings. The molecule has 0 saturated heterocycles. The molecule has 0 spiro atoms. The minimum Gasteiger partial charge on any atom is -0.507 e. The maximum Gasteiger partial charge on any atom is 0.259 e. The first-order chi connectivity index (χ1) is 21.4. The quantitative estimate of drug-likeness (QED) is 0.181. The van der Waals surface area contributed by atoms with E-state index in [1.54, 1.807) is 24.3 Å². The van der Waals surface area contributed by atoms with E-state index in [0.717, 1.165) is 29.3 Å². The Balaban J connectivity index is 1.34. The molecule has 0 fully saturated rings. The topological polar surface area (TPSA) is 131 Å². The van der Waals surface area contributed by atoms with Crippen molar-refractivity contribution in [3.05, 3.63) is 111 Å². The van der Waals surface area contributed by atoms with Crippen molar-refractivity contribution < 1.29 is 38.8 Å². The Morgan fingerprint density at radius 1 is 0.978 bits per heavy atom. The number of rotatable bonds is 7. The number of phenols is 1. The largest absolute Gasteiger partial charge is 0.507 e. The summed E-state index contributed by atoms with van der Waals surface area (Å²) in [6.07, 6.45) is 1.15. The Bertz CT molecular complexity index is 2030. The third-order valence-electron chi connectivity index (χ3n) is 7.96. The number of carbonyl (C=O) groups excluding carboxylic acids is 3. The molecular formula is C34H25Cl2NO8. The van der Waals surface area contributed by atoms with Gasteiger partial charge in [0.25, 0.3) is 5.91 Å². The number of aliphatic hydroxyl groups is 1. The van der Waals surface area contributed by atoms with Gasteiger partial charge in [-0.2, -0.15) is 0 Å². The van der Waals surface area contributed by atoms with Crippen LogP contribution < -0.4 is 19.5 Å². The number of nitrogens with one attached hydrogen (secondary N) is 1. The van der Waals surface area contributed by atoms with Crippen LogP contribution in [0.3, 0.4) is 0 Å². The Kier molecular flexibility index (Phi) is 7.46. The van der Waals surface area contributed by atoms with Gasteiger partial charge in [-0.1, -0.05) is 53.5 Å². The van der Waals surface area contributed by atoms with E-state index in [1.807, 2.05) is 30.3 Å². The summed E-state index contributed by atoms with van der Waals surface area (Å²) in [7, 11) is 1.33. The maximum absolute atomic E-state index is 13.8. The lowest BCUT2D eigenvalue weighted by Crippen LogP contribution is -2.38. The molecule has 228 valence electrons. The average Bonchev–Trinajstić information content (AvgIpc) is 3.30. The summed E-state index contributed by atoms with van der Waals surface area (Å²) in [5, 5.41) is 26.7. The van der Waals surface area contributed by atoms with E-state index < -0.39 is 34.2 Å². The van der Waals surface area contributed by atoms with E-state index in [1.165, 1.54) is 20.1 Å². The van der Waals surface area contributed by atoms with Crippen LogP contribution in [0, 0.1) is 0 Å². The predicted molar refractivity (Wildman–Crippen MR) is 168 cm³/mol. The molecule has 1 aliphatic heterocycles. The van der Waals surface area contributed by atoms with Crippen LogP contribution in [0.4, 0.5) is 0 Å². The maximum atomic E-state index is 13.8. The number of phenolic OH excluding ortho intramolecular Hbond substituents is 1. The van der Waals surface area contributed by atoms with Gasteiger partial charge in [-0.25, -0.2) is 0 Å². The average molecular weight is 646 g/mol. The normalized spacial score (nSPS) is 16.9. The summed E-state index contributed by atoms with van der Waals surface area (Å²) < 4.78 is 17.5. The number of aromatic hydroxyl groups is 1. The van der Waals surface area contributed by atoms with E-state index in [4.69, 9.17) is 37.4 Å². The van der Waals surface area contributed by atoms with Crippen LogP contribution >= 0.6 is 23.2 Å². The molecule has 45 heavy (non-hydrogen) atoms. The number of amides is 1. The first-order valence-electron chi connectivity index (χ1n) is 13.7. The summed E-state index contributed by atoms with van der Waals surface area (Å²) in [5.41, 5.74) is -1.39. The number of aliphatic hydroxyl groups excluding tert-OH is 1. The van der Waals surface area contributed by atoms with Gasteiger partial charge in [0.2, 0.25) is 0 Å². The second-order valence-corrected chi connectivity index (χ2v) is 11.5. The Hall–Kier alpha value is -4.99. The second kappa shape index (κ2) is 11.2. The van der Waals surface area contributed by atoms with E-state index in [-0.39, 0.29) is 40.7 Å². The third kappa shape index (κ3) is 4.85.